The molecule has 1 aromatic carbocycles. The van der Waals surface area contributed by atoms with E-state index in [1.54, 1.807) is 0 Å². The Hall–Kier alpha value is -2.70. The Morgan fingerprint density at radius 2 is 1.84 bits per heavy atom. The van der Waals surface area contributed by atoms with Crippen LogP contribution in [0.5, 0.6) is 11.5 Å². The number of benzene rings is 1. The van der Waals surface area contributed by atoms with Crippen LogP contribution in [0.25, 0.3) is 0 Å². The second-order valence-corrected chi connectivity index (χ2v) is 3.57. The average molecular weight is 265 g/mol. The lowest BCUT2D eigenvalue weighted by molar-refractivity contribution is 0.318. The van der Waals surface area contributed by atoms with Gasteiger partial charge >= 0.3 is 0 Å². The lowest BCUT2D eigenvalue weighted by Crippen LogP contribution is -2.14. The first-order valence-electron chi connectivity index (χ1n) is 5.16. The molecule has 1 heterocycles. The summed E-state index contributed by atoms with van der Waals surface area (Å²) in [6, 6.07) is 5.75. The van der Waals surface area contributed by atoms with Crippen molar-refractivity contribution in [1.82, 2.24) is 4.98 Å². The van der Waals surface area contributed by atoms with Gasteiger partial charge in [0.2, 0.25) is 0 Å². The van der Waals surface area contributed by atoms with Gasteiger partial charge < -0.3 is 15.7 Å². The van der Waals surface area contributed by atoms with Crippen LogP contribution in [0.3, 0.4) is 0 Å². The van der Waals surface area contributed by atoms with Crippen molar-refractivity contribution in [3.63, 3.8) is 0 Å². The van der Waals surface area contributed by atoms with E-state index in [1.807, 2.05) is 0 Å². The maximum Gasteiger partial charge on any atom is 0.188 e. The SMILES string of the molecule is N/C(=N/O)c1ccc(Oc2cc(F)cc(F)c2)cn1. The zero-order valence-corrected chi connectivity index (χ0v) is 9.55. The van der Waals surface area contributed by atoms with E-state index in [-0.39, 0.29) is 23.0 Å². The molecule has 0 saturated carbocycles. The standard InChI is InChI=1S/C12H9F2N3O2/c13-7-3-8(14)5-10(4-7)19-9-1-2-11(16-6-9)12(15)17-18/h1-6,18H,(H2,15,17). The van der Waals surface area contributed by atoms with Crippen LogP contribution >= 0.6 is 0 Å². The van der Waals surface area contributed by atoms with Crippen molar-refractivity contribution in [1.29, 1.82) is 0 Å². The highest BCUT2D eigenvalue weighted by molar-refractivity contribution is 5.95. The molecular weight excluding hydrogens is 256 g/mol. The molecule has 0 radical (unpaired) electrons. The van der Waals surface area contributed by atoms with E-state index in [4.69, 9.17) is 15.7 Å². The van der Waals surface area contributed by atoms with E-state index in [0.29, 0.717) is 0 Å². The summed E-state index contributed by atoms with van der Waals surface area (Å²) in [6.45, 7) is 0. The van der Waals surface area contributed by atoms with Crippen LogP contribution in [0.4, 0.5) is 8.78 Å². The molecule has 0 bridgehead atoms. The molecule has 2 rings (SSSR count). The fourth-order valence-corrected chi connectivity index (χ4v) is 1.37. The molecule has 0 saturated heterocycles. The van der Waals surface area contributed by atoms with E-state index in [2.05, 4.69) is 10.1 Å². The van der Waals surface area contributed by atoms with E-state index >= 15 is 0 Å². The van der Waals surface area contributed by atoms with Gasteiger partial charge in [0.05, 0.1) is 6.20 Å². The van der Waals surface area contributed by atoms with Gasteiger partial charge in [-0.25, -0.2) is 13.8 Å². The highest BCUT2D eigenvalue weighted by Crippen LogP contribution is 2.22. The maximum absolute atomic E-state index is 13.0. The molecule has 3 N–H and O–H groups in total. The Kier molecular flexibility index (Phi) is 3.56. The topological polar surface area (TPSA) is 80.7 Å². The predicted octanol–water partition coefficient (Wildman–Crippen LogP) is 2.25. The van der Waals surface area contributed by atoms with E-state index in [0.717, 1.165) is 18.2 Å². The van der Waals surface area contributed by atoms with Gasteiger partial charge in [0.1, 0.15) is 28.8 Å². The van der Waals surface area contributed by atoms with Gasteiger partial charge in [0.15, 0.2) is 5.84 Å². The van der Waals surface area contributed by atoms with E-state index in [9.17, 15) is 8.78 Å². The minimum absolute atomic E-state index is 0.0100. The molecule has 0 unspecified atom stereocenters. The molecule has 1 aromatic heterocycles. The van der Waals surface area contributed by atoms with Crippen molar-refractivity contribution >= 4 is 5.84 Å². The van der Waals surface area contributed by atoms with Crippen LogP contribution in [-0.4, -0.2) is 16.0 Å². The second kappa shape index (κ2) is 5.30. The van der Waals surface area contributed by atoms with Crippen molar-refractivity contribution in [3.05, 3.63) is 53.9 Å². The quantitative estimate of drug-likeness (QED) is 0.386. The van der Waals surface area contributed by atoms with Gasteiger partial charge in [-0.15, -0.1) is 0 Å². The Labute approximate surface area is 107 Å². The van der Waals surface area contributed by atoms with Gasteiger partial charge in [0.25, 0.3) is 0 Å². The van der Waals surface area contributed by atoms with Crippen molar-refractivity contribution in [2.45, 2.75) is 0 Å². The number of amidine groups is 1. The van der Waals surface area contributed by atoms with Crippen LogP contribution in [0.2, 0.25) is 0 Å². The summed E-state index contributed by atoms with van der Waals surface area (Å²) in [7, 11) is 0. The van der Waals surface area contributed by atoms with Crippen molar-refractivity contribution in [2.24, 2.45) is 10.9 Å². The number of nitrogens with zero attached hydrogens (tertiary/aromatic N) is 2. The molecule has 98 valence electrons. The monoisotopic (exact) mass is 265 g/mol. The van der Waals surface area contributed by atoms with E-state index in [1.165, 1.54) is 18.3 Å². The molecule has 5 nitrogen and oxygen atoms in total. The Morgan fingerprint density at radius 3 is 2.37 bits per heavy atom. The number of ether oxygens (including phenoxy) is 1. The number of pyridine rings is 1. The molecule has 19 heavy (non-hydrogen) atoms. The number of hydrogen-bond donors (Lipinski definition) is 2. The molecule has 0 atom stereocenters. The number of rotatable bonds is 3. The summed E-state index contributed by atoms with van der Waals surface area (Å²) >= 11 is 0. The summed E-state index contributed by atoms with van der Waals surface area (Å²) in [5, 5.41) is 11.2. The van der Waals surface area contributed by atoms with Crippen molar-refractivity contribution < 1.29 is 18.7 Å². The fourth-order valence-electron chi connectivity index (χ4n) is 1.37. The highest BCUT2D eigenvalue weighted by atomic mass is 19.1. The third-order valence-corrected chi connectivity index (χ3v) is 2.18. The minimum atomic E-state index is -0.740. The number of hydrogen-bond acceptors (Lipinski definition) is 4. The maximum atomic E-state index is 13.0. The van der Waals surface area contributed by atoms with Gasteiger partial charge in [-0.3, -0.25) is 0 Å². The van der Waals surface area contributed by atoms with Gasteiger partial charge in [-0.05, 0) is 12.1 Å². The van der Waals surface area contributed by atoms with Gasteiger partial charge in [-0.2, -0.15) is 0 Å². The smallest absolute Gasteiger partial charge is 0.188 e. The highest BCUT2D eigenvalue weighted by Gasteiger charge is 2.05. The zero-order valence-electron chi connectivity index (χ0n) is 9.55. The lowest BCUT2D eigenvalue weighted by atomic mass is 10.3. The van der Waals surface area contributed by atoms with Crippen LogP contribution in [0.15, 0.2) is 41.7 Å². The molecular formula is C12H9F2N3O2. The predicted molar refractivity (Wildman–Crippen MR) is 63.2 cm³/mol. The van der Waals surface area contributed by atoms with Crippen LogP contribution in [-0.2, 0) is 0 Å². The third kappa shape index (κ3) is 3.15. The van der Waals surface area contributed by atoms with E-state index < -0.39 is 11.6 Å². The minimum Gasteiger partial charge on any atom is -0.456 e. The van der Waals surface area contributed by atoms with Crippen LogP contribution < -0.4 is 10.5 Å². The molecule has 0 fully saturated rings. The number of oxime groups is 1. The first-order chi connectivity index (χ1) is 9.08. The second-order valence-electron chi connectivity index (χ2n) is 3.57. The molecule has 0 amide bonds. The average Bonchev–Trinajstić information content (AvgIpc) is 2.37. The number of halogens is 2. The summed E-state index contributed by atoms with van der Waals surface area (Å²) in [5.41, 5.74) is 5.58. The molecule has 0 spiro atoms. The van der Waals surface area contributed by atoms with Gasteiger partial charge in [-0.1, -0.05) is 5.16 Å². The van der Waals surface area contributed by atoms with Crippen LogP contribution in [0.1, 0.15) is 5.69 Å². The van der Waals surface area contributed by atoms with Crippen molar-refractivity contribution in [2.75, 3.05) is 0 Å². The normalized spacial score (nSPS) is 11.4. The first kappa shape index (κ1) is 12.7. The summed E-state index contributed by atoms with van der Waals surface area (Å²) < 4.78 is 31.1. The molecule has 0 aliphatic heterocycles. The molecule has 7 heteroatoms. The number of nitrogens with two attached hydrogens (primary N) is 1. The zero-order chi connectivity index (χ0) is 13.8. The summed E-state index contributed by atoms with van der Waals surface area (Å²) in [6.07, 6.45) is 1.29. The first-order valence-corrected chi connectivity index (χ1v) is 5.16. The summed E-state index contributed by atoms with van der Waals surface area (Å²) in [4.78, 5) is 3.86. The molecule has 0 aliphatic carbocycles. The summed E-state index contributed by atoms with van der Waals surface area (Å²) in [5.74, 6) is -1.36. The van der Waals surface area contributed by atoms with Gasteiger partial charge in [0, 0.05) is 18.2 Å². The third-order valence-electron chi connectivity index (χ3n) is 2.18. The fraction of sp³-hybridized carbons (Fsp3) is 0. The largest absolute Gasteiger partial charge is 0.456 e. The molecule has 0 aliphatic rings. The number of aromatic nitrogens is 1. The van der Waals surface area contributed by atoms with Crippen molar-refractivity contribution in [3.8, 4) is 11.5 Å². The molecule has 2 aromatic rings. The Bertz CT molecular complexity index is 595. The van der Waals surface area contributed by atoms with Crippen LogP contribution in [0, 0.1) is 11.6 Å². The Morgan fingerprint density at radius 1 is 1.16 bits per heavy atom. The Balaban J connectivity index is 2.19. The lowest BCUT2D eigenvalue weighted by Gasteiger charge is -2.06.